The molecule has 2 rings (SSSR count). The highest BCUT2D eigenvalue weighted by atomic mass is 127. The fourth-order valence-electron chi connectivity index (χ4n) is 2.66. The fraction of sp³-hybridized carbons (Fsp3) is 0.588. The van der Waals surface area contributed by atoms with E-state index in [4.69, 9.17) is 4.74 Å². The monoisotopic (exact) mass is 417 g/mol. The maximum Gasteiger partial charge on any atom is 0.194 e. The highest BCUT2D eigenvalue weighted by molar-refractivity contribution is 14.0. The molecule has 5 heteroatoms. The number of guanidine groups is 1. The lowest BCUT2D eigenvalue weighted by Gasteiger charge is -2.62. The van der Waals surface area contributed by atoms with Crippen molar-refractivity contribution in [2.45, 2.75) is 39.8 Å². The van der Waals surface area contributed by atoms with Crippen molar-refractivity contribution in [3.63, 3.8) is 0 Å². The Balaban J connectivity index is 0.00000242. The maximum absolute atomic E-state index is 5.26. The van der Waals surface area contributed by atoms with Crippen LogP contribution in [0.4, 0.5) is 0 Å². The molecule has 1 N–H and O–H groups in total. The zero-order chi connectivity index (χ0) is 15.7. The van der Waals surface area contributed by atoms with Gasteiger partial charge in [-0.05, 0) is 31.5 Å². The average molecular weight is 417 g/mol. The smallest absolute Gasteiger partial charge is 0.194 e. The quantitative estimate of drug-likeness (QED) is 0.465. The van der Waals surface area contributed by atoms with Gasteiger partial charge in [0, 0.05) is 31.1 Å². The van der Waals surface area contributed by atoms with Crippen molar-refractivity contribution in [1.29, 1.82) is 0 Å². The zero-order valence-electron chi connectivity index (χ0n) is 14.4. The molecular formula is C17H28IN3O. The van der Waals surface area contributed by atoms with Gasteiger partial charge in [-0.3, -0.25) is 4.99 Å². The van der Waals surface area contributed by atoms with E-state index >= 15 is 0 Å². The Kier molecular flexibility index (Phi) is 6.12. The van der Waals surface area contributed by atoms with E-state index in [1.807, 2.05) is 25.2 Å². The topological polar surface area (TPSA) is 36.9 Å². The number of rotatable bonds is 3. The largest absolute Gasteiger partial charge is 0.497 e. The first-order valence-electron chi connectivity index (χ1n) is 7.43. The molecule has 124 valence electrons. The van der Waals surface area contributed by atoms with Gasteiger partial charge in [0.15, 0.2) is 5.96 Å². The third-order valence-corrected chi connectivity index (χ3v) is 4.94. The number of hydrogen-bond acceptors (Lipinski definition) is 2. The van der Waals surface area contributed by atoms with Crippen LogP contribution in [0, 0.1) is 5.41 Å². The van der Waals surface area contributed by atoms with Crippen molar-refractivity contribution < 1.29 is 4.74 Å². The Labute approximate surface area is 151 Å². The second-order valence-corrected chi connectivity index (χ2v) is 6.78. The van der Waals surface area contributed by atoms with Crippen molar-refractivity contribution >= 4 is 29.9 Å². The molecule has 0 bridgehead atoms. The summed E-state index contributed by atoms with van der Waals surface area (Å²) in [5.41, 5.74) is 1.61. The summed E-state index contributed by atoms with van der Waals surface area (Å²) in [5, 5.41) is 3.45. The third-order valence-electron chi connectivity index (χ3n) is 4.94. The SMILES string of the molecule is CN=C(NCc1cccc(OC)c1)N1CC(C)(C)C1(C)C.I. The van der Waals surface area contributed by atoms with Crippen LogP contribution < -0.4 is 10.1 Å². The third kappa shape index (κ3) is 3.50. The normalized spacial score (nSPS) is 19.0. The number of methoxy groups -OCH3 is 1. The van der Waals surface area contributed by atoms with Crippen LogP contribution in [0.25, 0.3) is 0 Å². The number of benzene rings is 1. The van der Waals surface area contributed by atoms with Crippen LogP contribution >= 0.6 is 24.0 Å². The van der Waals surface area contributed by atoms with Crippen LogP contribution in [0.3, 0.4) is 0 Å². The summed E-state index contributed by atoms with van der Waals surface area (Å²) in [5.74, 6) is 1.84. The van der Waals surface area contributed by atoms with E-state index in [1.54, 1.807) is 7.11 Å². The van der Waals surface area contributed by atoms with Crippen LogP contribution in [0.15, 0.2) is 29.3 Å². The van der Waals surface area contributed by atoms with E-state index in [-0.39, 0.29) is 29.5 Å². The highest BCUT2D eigenvalue weighted by Crippen LogP contribution is 2.46. The Bertz CT molecular complexity index is 540. The van der Waals surface area contributed by atoms with Gasteiger partial charge in [-0.15, -0.1) is 24.0 Å². The van der Waals surface area contributed by atoms with E-state index in [0.29, 0.717) is 5.41 Å². The summed E-state index contributed by atoms with van der Waals surface area (Å²) in [7, 11) is 3.53. The van der Waals surface area contributed by atoms with Gasteiger partial charge in [0.2, 0.25) is 0 Å². The van der Waals surface area contributed by atoms with Gasteiger partial charge in [0.25, 0.3) is 0 Å². The van der Waals surface area contributed by atoms with Crippen LogP contribution in [0.1, 0.15) is 33.3 Å². The van der Waals surface area contributed by atoms with Crippen LogP contribution in [-0.4, -0.2) is 37.1 Å². The molecule has 1 aromatic carbocycles. The number of aliphatic imine (C=N–C) groups is 1. The van der Waals surface area contributed by atoms with Gasteiger partial charge < -0.3 is 15.0 Å². The molecule has 22 heavy (non-hydrogen) atoms. The molecule has 1 fully saturated rings. The predicted octanol–water partition coefficient (Wildman–Crippen LogP) is 3.51. The number of halogens is 1. The number of nitrogens with zero attached hydrogens (tertiary/aromatic N) is 2. The van der Waals surface area contributed by atoms with E-state index < -0.39 is 0 Å². The first-order valence-corrected chi connectivity index (χ1v) is 7.43. The van der Waals surface area contributed by atoms with Crippen molar-refractivity contribution in [2.75, 3.05) is 20.7 Å². The van der Waals surface area contributed by atoms with E-state index in [2.05, 4.69) is 49.0 Å². The fourth-order valence-corrected chi connectivity index (χ4v) is 2.66. The lowest BCUT2D eigenvalue weighted by molar-refractivity contribution is -0.0667. The van der Waals surface area contributed by atoms with Gasteiger partial charge in [0.05, 0.1) is 7.11 Å². The van der Waals surface area contributed by atoms with Crippen LogP contribution in [0.5, 0.6) is 5.75 Å². The number of hydrogen-bond donors (Lipinski definition) is 1. The molecule has 0 amide bonds. The highest BCUT2D eigenvalue weighted by Gasteiger charge is 2.53. The van der Waals surface area contributed by atoms with E-state index in [0.717, 1.165) is 24.8 Å². The maximum atomic E-state index is 5.26. The lowest BCUT2D eigenvalue weighted by atomic mass is 9.65. The second-order valence-electron chi connectivity index (χ2n) is 6.78. The Morgan fingerprint density at radius 1 is 1.32 bits per heavy atom. The van der Waals surface area contributed by atoms with E-state index in [9.17, 15) is 0 Å². The standard InChI is InChI=1S/C17H27N3O.HI/c1-16(2)12-20(17(16,3)4)15(18-5)19-11-13-8-7-9-14(10-13)21-6;/h7-10H,11-12H2,1-6H3,(H,18,19);1H. The molecule has 0 aliphatic carbocycles. The van der Waals surface area contributed by atoms with Gasteiger partial charge >= 0.3 is 0 Å². The van der Waals surface area contributed by atoms with Crippen molar-refractivity contribution in [1.82, 2.24) is 10.2 Å². The first-order chi connectivity index (χ1) is 9.81. The Hall–Kier alpha value is -0.980. The Morgan fingerprint density at radius 2 is 2.00 bits per heavy atom. The average Bonchev–Trinajstić information content (AvgIpc) is 2.47. The van der Waals surface area contributed by atoms with Crippen molar-refractivity contribution in [3.05, 3.63) is 29.8 Å². The molecule has 1 saturated heterocycles. The van der Waals surface area contributed by atoms with Crippen LogP contribution in [-0.2, 0) is 6.54 Å². The van der Waals surface area contributed by atoms with Gasteiger partial charge in [-0.25, -0.2) is 0 Å². The molecule has 1 heterocycles. The van der Waals surface area contributed by atoms with Crippen LogP contribution in [0.2, 0.25) is 0 Å². The number of likely N-dealkylation sites (tertiary alicyclic amines) is 1. The molecule has 0 radical (unpaired) electrons. The van der Waals surface area contributed by atoms with Gasteiger partial charge in [-0.2, -0.15) is 0 Å². The van der Waals surface area contributed by atoms with E-state index in [1.165, 1.54) is 5.56 Å². The molecule has 0 unspecified atom stereocenters. The van der Waals surface area contributed by atoms with Gasteiger partial charge in [0.1, 0.15) is 5.75 Å². The summed E-state index contributed by atoms with van der Waals surface area (Å²) in [4.78, 5) is 6.77. The molecule has 1 aliphatic rings. The molecule has 4 nitrogen and oxygen atoms in total. The minimum atomic E-state index is 0. The summed E-state index contributed by atoms with van der Waals surface area (Å²) >= 11 is 0. The van der Waals surface area contributed by atoms with Gasteiger partial charge in [-0.1, -0.05) is 26.0 Å². The molecule has 0 spiro atoms. The zero-order valence-corrected chi connectivity index (χ0v) is 16.8. The number of nitrogens with one attached hydrogen (secondary N) is 1. The molecular weight excluding hydrogens is 389 g/mol. The first kappa shape index (κ1) is 19.1. The Morgan fingerprint density at radius 3 is 2.50 bits per heavy atom. The molecule has 1 aliphatic heterocycles. The lowest BCUT2D eigenvalue weighted by Crippen LogP contribution is -2.72. The van der Waals surface area contributed by atoms with Crippen molar-refractivity contribution in [2.24, 2.45) is 10.4 Å². The molecule has 1 aromatic rings. The summed E-state index contributed by atoms with van der Waals surface area (Å²) in [6.45, 7) is 10.9. The van der Waals surface area contributed by atoms with Crippen molar-refractivity contribution in [3.8, 4) is 5.75 Å². The molecule has 0 atom stereocenters. The summed E-state index contributed by atoms with van der Waals surface area (Å²) in [6, 6.07) is 8.11. The summed E-state index contributed by atoms with van der Waals surface area (Å²) in [6.07, 6.45) is 0. The summed E-state index contributed by atoms with van der Waals surface area (Å²) < 4.78 is 5.26. The predicted molar refractivity (Wildman–Crippen MR) is 103 cm³/mol. The minimum Gasteiger partial charge on any atom is -0.497 e. The molecule has 0 saturated carbocycles. The molecule has 0 aromatic heterocycles. The second kappa shape index (κ2) is 7.06. The number of ether oxygens (including phenoxy) is 1. The minimum absolute atomic E-state index is 0.